The fourth-order valence-corrected chi connectivity index (χ4v) is 1.08. The van der Waals surface area contributed by atoms with Crippen molar-refractivity contribution < 1.29 is 4.66 Å². The zero-order valence-corrected chi connectivity index (χ0v) is 9.56. The zero-order chi connectivity index (χ0) is 9.98. The van der Waals surface area contributed by atoms with E-state index in [2.05, 4.69) is 39.6 Å². The quantitative estimate of drug-likeness (QED) is 0.702. The number of hydrogen-bond acceptors (Lipinski definition) is 1. The van der Waals surface area contributed by atoms with Gasteiger partial charge < -0.3 is 0 Å². The third-order valence-electron chi connectivity index (χ3n) is 2.18. The molecule has 0 aromatic carbocycles. The Kier molecular flexibility index (Phi) is 13.8. The predicted octanol–water partition coefficient (Wildman–Crippen LogP) is 3.99. The van der Waals surface area contributed by atoms with Crippen molar-refractivity contribution in [3.63, 3.8) is 0 Å². The van der Waals surface area contributed by atoms with Crippen LogP contribution >= 0.6 is 11.9 Å². The smallest absolute Gasteiger partial charge is 0.0579 e. The van der Waals surface area contributed by atoms with E-state index in [1.165, 1.54) is 25.7 Å². The highest BCUT2D eigenvalue weighted by Gasteiger charge is 1.99. The van der Waals surface area contributed by atoms with E-state index in [0.29, 0.717) is 0 Å². The van der Waals surface area contributed by atoms with Crippen LogP contribution < -0.4 is 0 Å². The van der Waals surface area contributed by atoms with Crippen molar-refractivity contribution in [2.75, 3.05) is 0 Å². The molecule has 1 N–H and O–H groups in total. The Morgan fingerprint density at radius 1 is 1.08 bits per heavy atom. The summed E-state index contributed by atoms with van der Waals surface area (Å²) >= 11 is 3.64. The van der Waals surface area contributed by atoms with Gasteiger partial charge in [-0.2, -0.15) is 0 Å². The molecule has 0 aromatic rings. The summed E-state index contributed by atoms with van der Waals surface area (Å²) in [4.78, 5) is 0. The molecule has 76 valence electrons. The van der Waals surface area contributed by atoms with Gasteiger partial charge in [-0.15, -0.1) is 0 Å². The number of hydrogen-bond donors (Lipinski definition) is 1. The van der Waals surface area contributed by atoms with E-state index in [1.54, 1.807) is 0 Å². The van der Waals surface area contributed by atoms with Crippen LogP contribution in [0.1, 0.15) is 53.4 Å². The predicted molar refractivity (Wildman–Crippen MR) is 56.2 cm³/mol. The fraction of sp³-hybridized carbons (Fsp3) is 1.00. The molecule has 0 amide bonds. The lowest BCUT2D eigenvalue weighted by atomic mass is 9.98. The van der Waals surface area contributed by atoms with Gasteiger partial charge in [0.25, 0.3) is 0 Å². The molecule has 0 saturated carbocycles. The first-order valence-electron chi connectivity index (χ1n) is 4.83. The second-order valence-corrected chi connectivity index (χ2v) is 3.84. The van der Waals surface area contributed by atoms with Gasteiger partial charge in [0.15, 0.2) is 0 Å². The highest BCUT2D eigenvalue weighted by atomic mass is 35.5. The molecular formula is C10H23ClO. The Labute approximate surface area is 82.3 Å². The van der Waals surface area contributed by atoms with E-state index in [1.807, 2.05) is 0 Å². The summed E-state index contributed by atoms with van der Waals surface area (Å²) in [6.45, 7) is 9.23. The van der Waals surface area contributed by atoms with Crippen molar-refractivity contribution >= 4 is 11.9 Å². The van der Waals surface area contributed by atoms with Gasteiger partial charge in [0.2, 0.25) is 0 Å². The van der Waals surface area contributed by atoms with Gasteiger partial charge in [0, 0.05) is 0 Å². The monoisotopic (exact) mass is 194 g/mol. The van der Waals surface area contributed by atoms with E-state index in [4.69, 9.17) is 4.66 Å². The minimum atomic E-state index is 0.893. The van der Waals surface area contributed by atoms with Crippen LogP contribution in [0.25, 0.3) is 0 Å². The van der Waals surface area contributed by atoms with Crippen LogP contribution in [0, 0.1) is 11.8 Å². The molecule has 0 aromatic heterocycles. The summed E-state index contributed by atoms with van der Waals surface area (Å²) in [5.41, 5.74) is 0. The summed E-state index contributed by atoms with van der Waals surface area (Å²) < 4.78 is 6.47. The minimum absolute atomic E-state index is 0.893. The van der Waals surface area contributed by atoms with Crippen molar-refractivity contribution in [3.05, 3.63) is 0 Å². The van der Waals surface area contributed by atoms with Crippen LogP contribution in [-0.4, -0.2) is 4.66 Å². The van der Waals surface area contributed by atoms with Gasteiger partial charge >= 0.3 is 0 Å². The van der Waals surface area contributed by atoms with Crippen molar-refractivity contribution in [2.24, 2.45) is 11.8 Å². The molecule has 0 aliphatic heterocycles. The van der Waals surface area contributed by atoms with Gasteiger partial charge in [-0.05, 0) is 11.8 Å². The first-order chi connectivity index (χ1) is 5.66. The van der Waals surface area contributed by atoms with Crippen LogP contribution in [0.15, 0.2) is 0 Å². The Bertz CT molecular complexity index is 74.2. The molecule has 1 unspecified atom stereocenters. The lowest BCUT2D eigenvalue weighted by Gasteiger charge is -2.08. The molecular weight excluding hydrogens is 172 g/mol. The van der Waals surface area contributed by atoms with E-state index < -0.39 is 0 Å². The fourth-order valence-electron chi connectivity index (χ4n) is 1.08. The summed E-state index contributed by atoms with van der Waals surface area (Å²) in [7, 11) is 0. The Morgan fingerprint density at radius 2 is 1.58 bits per heavy atom. The standard InChI is InChI=1S/C10H22.ClHO/c1-5-10(4)8-6-7-9(2)3;1-2/h9-10H,5-8H2,1-4H3;2H. The zero-order valence-electron chi connectivity index (χ0n) is 8.81. The molecule has 0 radical (unpaired) electrons. The summed E-state index contributed by atoms with van der Waals surface area (Å²) in [5.74, 6) is 1.84. The summed E-state index contributed by atoms with van der Waals surface area (Å²) in [6, 6.07) is 0. The van der Waals surface area contributed by atoms with E-state index in [0.717, 1.165) is 11.8 Å². The molecule has 1 nitrogen and oxygen atoms in total. The normalized spacial score (nSPS) is 12.2. The van der Waals surface area contributed by atoms with E-state index >= 15 is 0 Å². The molecule has 0 saturated heterocycles. The molecule has 2 heteroatoms. The number of rotatable bonds is 5. The molecule has 0 bridgehead atoms. The highest BCUT2D eigenvalue weighted by Crippen LogP contribution is 2.14. The largest absolute Gasteiger partial charge is 0.295 e. The van der Waals surface area contributed by atoms with Gasteiger partial charge in [0.05, 0.1) is 11.9 Å². The Morgan fingerprint density at radius 3 is 1.92 bits per heavy atom. The van der Waals surface area contributed by atoms with Crippen LogP contribution in [0.4, 0.5) is 0 Å². The van der Waals surface area contributed by atoms with Gasteiger partial charge in [-0.1, -0.05) is 53.4 Å². The maximum Gasteiger partial charge on any atom is 0.0579 e. The SMILES string of the molecule is CCC(C)CCCC(C)C.OCl. The van der Waals surface area contributed by atoms with Crippen molar-refractivity contribution in [1.82, 2.24) is 0 Å². The lowest BCUT2D eigenvalue weighted by Crippen LogP contribution is -1.94. The maximum atomic E-state index is 6.47. The van der Waals surface area contributed by atoms with Crippen LogP contribution in [-0.2, 0) is 0 Å². The first-order valence-corrected chi connectivity index (χ1v) is 5.17. The first kappa shape index (κ1) is 14.8. The minimum Gasteiger partial charge on any atom is -0.295 e. The van der Waals surface area contributed by atoms with Crippen LogP contribution in [0.5, 0.6) is 0 Å². The molecule has 12 heavy (non-hydrogen) atoms. The second kappa shape index (κ2) is 11.2. The van der Waals surface area contributed by atoms with E-state index in [-0.39, 0.29) is 0 Å². The van der Waals surface area contributed by atoms with Crippen LogP contribution in [0.2, 0.25) is 0 Å². The van der Waals surface area contributed by atoms with Crippen LogP contribution in [0.3, 0.4) is 0 Å². The molecule has 0 spiro atoms. The molecule has 0 heterocycles. The van der Waals surface area contributed by atoms with Crippen molar-refractivity contribution in [1.29, 1.82) is 0 Å². The molecule has 1 atom stereocenters. The van der Waals surface area contributed by atoms with Gasteiger partial charge in [-0.25, -0.2) is 0 Å². The maximum absolute atomic E-state index is 6.47. The Hall–Kier alpha value is 0.250. The second-order valence-electron chi connectivity index (χ2n) is 3.84. The Balaban J connectivity index is 0. The average molecular weight is 195 g/mol. The number of halogens is 1. The molecule has 0 rings (SSSR count). The van der Waals surface area contributed by atoms with Crippen molar-refractivity contribution in [2.45, 2.75) is 53.4 Å². The molecule has 0 aliphatic rings. The summed E-state index contributed by atoms with van der Waals surface area (Å²) in [5, 5.41) is 0. The third kappa shape index (κ3) is 12.9. The van der Waals surface area contributed by atoms with Gasteiger partial charge in [-0.3, -0.25) is 4.66 Å². The van der Waals surface area contributed by atoms with Gasteiger partial charge in [0.1, 0.15) is 0 Å². The van der Waals surface area contributed by atoms with Crippen molar-refractivity contribution in [3.8, 4) is 0 Å². The third-order valence-corrected chi connectivity index (χ3v) is 2.18. The van der Waals surface area contributed by atoms with E-state index in [9.17, 15) is 0 Å². The average Bonchev–Trinajstić information content (AvgIpc) is 2.07. The topological polar surface area (TPSA) is 20.2 Å². The highest BCUT2D eigenvalue weighted by molar-refractivity contribution is 6.04. The molecule has 0 aliphatic carbocycles. The molecule has 0 fully saturated rings. The lowest BCUT2D eigenvalue weighted by molar-refractivity contribution is 0.449. The summed E-state index contributed by atoms with van der Waals surface area (Å²) in [6.07, 6.45) is 5.60.